The van der Waals surface area contributed by atoms with Gasteiger partial charge in [-0.05, 0) is 85.3 Å². The molecule has 5 rings (SSSR count). The average molecular weight is 493 g/mol. The zero-order chi connectivity index (χ0) is 25.8. The number of amides is 1. The van der Waals surface area contributed by atoms with Gasteiger partial charge >= 0.3 is 0 Å². The Bertz CT molecular complexity index is 1390. The van der Waals surface area contributed by atoms with Crippen LogP contribution in [0, 0.1) is 5.92 Å². The lowest BCUT2D eigenvalue weighted by atomic mass is 9.99. The van der Waals surface area contributed by atoms with Crippen molar-refractivity contribution in [3.05, 3.63) is 72.8 Å². The number of benzene rings is 3. The van der Waals surface area contributed by atoms with E-state index >= 15 is 0 Å². The first-order chi connectivity index (χ1) is 18.1. The smallest absolute Gasteiger partial charge is 0.227 e. The predicted octanol–water partition coefficient (Wildman–Crippen LogP) is 7.52. The molecule has 4 aromatic rings. The number of fused-ring (bicyclic) bond motifs is 1. The highest BCUT2D eigenvalue weighted by Gasteiger charge is 2.22. The summed E-state index contributed by atoms with van der Waals surface area (Å²) in [6, 6.07) is 25.0. The Hall–Kier alpha value is -3.86. The summed E-state index contributed by atoms with van der Waals surface area (Å²) >= 11 is 0. The zero-order valence-corrected chi connectivity index (χ0v) is 21.8. The van der Waals surface area contributed by atoms with Gasteiger partial charge in [0.15, 0.2) is 0 Å². The first kappa shape index (κ1) is 24.8. The van der Waals surface area contributed by atoms with Gasteiger partial charge in [-0.15, -0.1) is 0 Å². The highest BCUT2D eigenvalue weighted by Crippen LogP contribution is 2.33. The SMILES string of the molecule is CCCN(CC)c1ccc(-c2cc3cc(-c4cccc(NC(=O)C5CCCC5)c4)ccc3nc2N)cc1. The monoisotopic (exact) mass is 492 g/mol. The van der Waals surface area contributed by atoms with Crippen LogP contribution in [0.5, 0.6) is 0 Å². The minimum absolute atomic E-state index is 0.139. The number of rotatable bonds is 8. The van der Waals surface area contributed by atoms with Crippen molar-refractivity contribution < 1.29 is 4.79 Å². The molecule has 5 nitrogen and oxygen atoms in total. The molecule has 0 atom stereocenters. The van der Waals surface area contributed by atoms with E-state index in [1.165, 1.54) is 5.69 Å². The van der Waals surface area contributed by atoms with Gasteiger partial charge in [0.25, 0.3) is 0 Å². The molecule has 190 valence electrons. The van der Waals surface area contributed by atoms with Crippen LogP contribution in [-0.4, -0.2) is 24.0 Å². The summed E-state index contributed by atoms with van der Waals surface area (Å²) in [7, 11) is 0. The van der Waals surface area contributed by atoms with Crippen LogP contribution in [0.3, 0.4) is 0 Å². The molecular formula is C32H36N4O. The summed E-state index contributed by atoms with van der Waals surface area (Å²) in [4.78, 5) is 19.7. The van der Waals surface area contributed by atoms with Gasteiger partial charge in [-0.3, -0.25) is 4.79 Å². The topological polar surface area (TPSA) is 71.2 Å². The van der Waals surface area contributed by atoms with Crippen LogP contribution >= 0.6 is 0 Å². The maximum absolute atomic E-state index is 12.6. The molecular weight excluding hydrogens is 456 g/mol. The molecule has 1 fully saturated rings. The number of hydrogen-bond acceptors (Lipinski definition) is 4. The Morgan fingerprint density at radius 2 is 1.68 bits per heavy atom. The van der Waals surface area contributed by atoms with Gasteiger partial charge in [-0.2, -0.15) is 0 Å². The molecule has 37 heavy (non-hydrogen) atoms. The highest BCUT2D eigenvalue weighted by atomic mass is 16.1. The van der Waals surface area contributed by atoms with Crippen molar-refractivity contribution in [3.63, 3.8) is 0 Å². The van der Waals surface area contributed by atoms with E-state index in [0.717, 1.165) is 84.0 Å². The number of nitrogens with zero attached hydrogens (tertiary/aromatic N) is 2. The summed E-state index contributed by atoms with van der Waals surface area (Å²) in [5, 5.41) is 4.16. The Labute approximate surface area is 219 Å². The minimum Gasteiger partial charge on any atom is -0.383 e. The first-order valence-electron chi connectivity index (χ1n) is 13.5. The summed E-state index contributed by atoms with van der Waals surface area (Å²) in [5.41, 5.74) is 13.5. The number of nitrogens with two attached hydrogens (primary N) is 1. The Balaban J connectivity index is 1.42. The zero-order valence-electron chi connectivity index (χ0n) is 21.8. The third-order valence-corrected chi connectivity index (χ3v) is 7.45. The maximum Gasteiger partial charge on any atom is 0.227 e. The normalized spacial score (nSPS) is 13.7. The van der Waals surface area contributed by atoms with Crippen molar-refractivity contribution in [2.45, 2.75) is 46.0 Å². The van der Waals surface area contributed by atoms with Crippen molar-refractivity contribution in [1.82, 2.24) is 4.98 Å². The molecule has 0 saturated heterocycles. The fourth-order valence-corrected chi connectivity index (χ4v) is 5.40. The van der Waals surface area contributed by atoms with Crippen molar-refractivity contribution >= 4 is 34.0 Å². The number of pyridine rings is 1. The van der Waals surface area contributed by atoms with E-state index in [-0.39, 0.29) is 11.8 Å². The van der Waals surface area contributed by atoms with Crippen molar-refractivity contribution in [2.75, 3.05) is 29.0 Å². The summed E-state index contributed by atoms with van der Waals surface area (Å²) in [6.45, 7) is 6.42. The maximum atomic E-state index is 12.6. The van der Waals surface area contributed by atoms with Crippen LogP contribution in [0.2, 0.25) is 0 Å². The molecule has 0 spiro atoms. The second-order valence-corrected chi connectivity index (χ2v) is 10.0. The van der Waals surface area contributed by atoms with Crippen LogP contribution in [-0.2, 0) is 4.79 Å². The van der Waals surface area contributed by atoms with Gasteiger partial charge < -0.3 is 16.0 Å². The number of aromatic nitrogens is 1. The molecule has 1 aromatic heterocycles. The van der Waals surface area contributed by atoms with E-state index in [2.05, 4.69) is 72.6 Å². The summed E-state index contributed by atoms with van der Waals surface area (Å²) in [6.07, 6.45) is 5.40. The Kier molecular flexibility index (Phi) is 7.40. The molecule has 0 unspecified atom stereocenters. The molecule has 5 heteroatoms. The van der Waals surface area contributed by atoms with Crippen LogP contribution in [0.4, 0.5) is 17.2 Å². The van der Waals surface area contributed by atoms with Gasteiger partial charge in [-0.25, -0.2) is 4.98 Å². The lowest BCUT2D eigenvalue weighted by molar-refractivity contribution is -0.119. The molecule has 1 saturated carbocycles. The fraction of sp³-hybridized carbons (Fsp3) is 0.312. The molecule has 3 N–H and O–H groups in total. The second-order valence-electron chi connectivity index (χ2n) is 10.0. The number of anilines is 3. The average Bonchev–Trinajstić information content (AvgIpc) is 3.47. The van der Waals surface area contributed by atoms with Crippen LogP contribution < -0.4 is 16.0 Å². The molecule has 0 aliphatic heterocycles. The quantitative estimate of drug-likeness (QED) is 0.267. The fourth-order valence-electron chi connectivity index (χ4n) is 5.40. The third-order valence-electron chi connectivity index (χ3n) is 7.45. The number of nitrogen functional groups attached to an aromatic ring is 1. The van der Waals surface area contributed by atoms with E-state index in [0.29, 0.717) is 5.82 Å². The van der Waals surface area contributed by atoms with Gasteiger partial charge in [0.2, 0.25) is 5.91 Å². The lowest BCUT2D eigenvalue weighted by Crippen LogP contribution is -2.23. The van der Waals surface area contributed by atoms with E-state index in [1.807, 2.05) is 24.3 Å². The Morgan fingerprint density at radius 1 is 0.946 bits per heavy atom. The minimum atomic E-state index is 0.139. The lowest BCUT2D eigenvalue weighted by Gasteiger charge is -2.22. The van der Waals surface area contributed by atoms with Crippen molar-refractivity contribution in [1.29, 1.82) is 0 Å². The molecule has 1 amide bonds. The van der Waals surface area contributed by atoms with Gasteiger partial charge in [0, 0.05) is 41.3 Å². The molecule has 1 heterocycles. The number of carbonyl (C=O) groups is 1. The molecule has 1 aliphatic carbocycles. The molecule has 0 bridgehead atoms. The van der Waals surface area contributed by atoms with Gasteiger partial charge in [-0.1, -0.05) is 50.1 Å². The van der Waals surface area contributed by atoms with Crippen LogP contribution in [0.15, 0.2) is 72.8 Å². The third kappa shape index (κ3) is 5.46. The van der Waals surface area contributed by atoms with Crippen LogP contribution in [0.1, 0.15) is 46.0 Å². The summed E-state index contributed by atoms with van der Waals surface area (Å²) < 4.78 is 0. The molecule has 0 radical (unpaired) electrons. The molecule has 1 aliphatic rings. The first-order valence-corrected chi connectivity index (χ1v) is 13.5. The summed E-state index contributed by atoms with van der Waals surface area (Å²) in [5.74, 6) is 0.816. The largest absolute Gasteiger partial charge is 0.383 e. The highest BCUT2D eigenvalue weighted by molar-refractivity contribution is 5.94. The number of nitrogens with one attached hydrogen (secondary N) is 1. The van der Waals surface area contributed by atoms with E-state index in [9.17, 15) is 4.79 Å². The van der Waals surface area contributed by atoms with Crippen LogP contribution in [0.25, 0.3) is 33.2 Å². The van der Waals surface area contributed by atoms with E-state index < -0.39 is 0 Å². The van der Waals surface area contributed by atoms with Gasteiger partial charge in [0.05, 0.1) is 5.52 Å². The van der Waals surface area contributed by atoms with Gasteiger partial charge in [0.1, 0.15) is 5.82 Å². The second kappa shape index (κ2) is 11.0. The van der Waals surface area contributed by atoms with Crippen molar-refractivity contribution in [3.8, 4) is 22.3 Å². The van der Waals surface area contributed by atoms with Crippen molar-refractivity contribution in [2.24, 2.45) is 5.92 Å². The van der Waals surface area contributed by atoms with E-state index in [1.54, 1.807) is 0 Å². The van der Waals surface area contributed by atoms with E-state index in [4.69, 9.17) is 10.7 Å². The Morgan fingerprint density at radius 3 is 2.41 bits per heavy atom. The number of hydrogen-bond donors (Lipinski definition) is 2. The number of carbonyl (C=O) groups excluding carboxylic acids is 1. The standard InChI is InChI=1S/C32H36N4O/c1-3-18-36(4-2)28-15-12-22(13-16-28)29-21-26-19-25(14-17-30(26)35-31(29)33)24-10-7-11-27(20-24)34-32(37)23-8-5-6-9-23/h7,10-17,19-21,23H,3-6,8-9,18H2,1-2H3,(H2,33,35)(H,34,37). The molecule has 3 aromatic carbocycles. The predicted molar refractivity (Wildman–Crippen MR) is 156 cm³/mol.